The summed E-state index contributed by atoms with van der Waals surface area (Å²) in [5.41, 5.74) is 2.86. The number of aromatic nitrogens is 1. The third-order valence-corrected chi connectivity index (χ3v) is 5.67. The lowest BCUT2D eigenvalue weighted by Gasteiger charge is -2.17. The second-order valence-electron chi connectivity index (χ2n) is 7.54. The molecular formula is C21H23N3O2. The molecule has 2 fully saturated rings. The number of pyridine rings is 1. The van der Waals surface area contributed by atoms with Crippen LogP contribution in [0.25, 0.3) is 0 Å². The van der Waals surface area contributed by atoms with Gasteiger partial charge in [0.15, 0.2) is 0 Å². The molecule has 134 valence electrons. The lowest BCUT2D eigenvalue weighted by molar-refractivity contribution is -0.123. The molecule has 4 rings (SSSR count). The summed E-state index contributed by atoms with van der Waals surface area (Å²) in [5, 5.41) is 3.01. The lowest BCUT2D eigenvalue weighted by atomic mass is 10.0. The van der Waals surface area contributed by atoms with Gasteiger partial charge in [-0.3, -0.25) is 14.6 Å². The molecule has 26 heavy (non-hydrogen) atoms. The van der Waals surface area contributed by atoms with Crippen LogP contribution < -0.4 is 5.32 Å². The van der Waals surface area contributed by atoms with Gasteiger partial charge in [0.1, 0.15) is 0 Å². The molecule has 2 aromatic rings. The zero-order chi connectivity index (χ0) is 18.1. The molecule has 0 unspecified atom stereocenters. The number of amides is 2. The Morgan fingerprint density at radius 1 is 1.27 bits per heavy atom. The summed E-state index contributed by atoms with van der Waals surface area (Å²) in [6.07, 6.45) is 5.28. The monoisotopic (exact) mass is 349 g/mol. The highest BCUT2D eigenvalue weighted by Gasteiger charge is 2.61. The lowest BCUT2D eigenvalue weighted by Crippen LogP contribution is -2.31. The summed E-state index contributed by atoms with van der Waals surface area (Å²) < 4.78 is 0. The van der Waals surface area contributed by atoms with Crippen molar-refractivity contribution in [2.75, 3.05) is 13.1 Å². The molecule has 0 bridgehead atoms. The fourth-order valence-corrected chi connectivity index (χ4v) is 3.93. The van der Waals surface area contributed by atoms with Crippen LogP contribution in [0.5, 0.6) is 0 Å². The fraction of sp³-hybridized carbons (Fsp3) is 0.381. The number of hydrogen-bond acceptors (Lipinski definition) is 3. The topological polar surface area (TPSA) is 62.3 Å². The number of aryl methyl sites for hydroxylation is 1. The Labute approximate surface area is 153 Å². The molecule has 1 aromatic carbocycles. The van der Waals surface area contributed by atoms with E-state index in [1.807, 2.05) is 48.2 Å². The largest absolute Gasteiger partial charge is 0.352 e. The zero-order valence-electron chi connectivity index (χ0n) is 14.9. The molecule has 1 N–H and O–H groups in total. The van der Waals surface area contributed by atoms with Crippen molar-refractivity contribution in [2.45, 2.75) is 26.3 Å². The maximum Gasteiger partial charge on any atom is 0.253 e. The van der Waals surface area contributed by atoms with E-state index in [2.05, 4.69) is 10.3 Å². The predicted octanol–water partition coefficient (Wildman–Crippen LogP) is 2.56. The van der Waals surface area contributed by atoms with Crippen LogP contribution in [0, 0.1) is 18.3 Å². The van der Waals surface area contributed by atoms with Gasteiger partial charge < -0.3 is 10.2 Å². The third kappa shape index (κ3) is 3.21. The minimum Gasteiger partial charge on any atom is -0.352 e. The van der Waals surface area contributed by atoms with Crippen molar-refractivity contribution in [1.29, 1.82) is 0 Å². The van der Waals surface area contributed by atoms with Crippen LogP contribution >= 0.6 is 0 Å². The Hall–Kier alpha value is -2.69. The van der Waals surface area contributed by atoms with Gasteiger partial charge in [-0.25, -0.2) is 0 Å². The standard InChI is InChI=1S/C21H23N3O2/c1-15-4-6-17(7-5-15)20(26)24-10-8-21(14-24)11-18(21)19(25)23-13-16-3-2-9-22-12-16/h2-7,9,12,18H,8,10-11,13-14H2,1H3,(H,23,25)/t18-,21+/m0/s1. The summed E-state index contributed by atoms with van der Waals surface area (Å²) in [4.78, 5) is 31.1. The van der Waals surface area contributed by atoms with Crippen molar-refractivity contribution >= 4 is 11.8 Å². The molecule has 0 radical (unpaired) electrons. The molecule has 5 heteroatoms. The van der Waals surface area contributed by atoms with Crippen LogP contribution in [-0.4, -0.2) is 34.8 Å². The molecule has 2 amide bonds. The molecular weight excluding hydrogens is 326 g/mol. The van der Waals surface area contributed by atoms with Crippen LogP contribution in [-0.2, 0) is 11.3 Å². The predicted molar refractivity (Wildman–Crippen MR) is 98.3 cm³/mol. The van der Waals surface area contributed by atoms with E-state index in [0.717, 1.165) is 36.1 Å². The van der Waals surface area contributed by atoms with E-state index >= 15 is 0 Å². The van der Waals surface area contributed by atoms with E-state index in [9.17, 15) is 9.59 Å². The number of nitrogens with zero attached hydrogens (tertiary/aromatic N) is 2. The molecule has 1 saturated heterocycles. The molecule has 1 spiro atoms. The van der Waals surface area contributed by atoms with Gasteiger partial charge >= 0.3 is 0 Å². The SMILES string of the molecule is Cc1ccc(C(=O)N2CC[C@@]3(C[C@H]3C(=O)NCc3cccnc3)C2)cc1. The molecule has 2 heterocycles. The number of hydrogen-bond donors (Lipinski definition) is 1. The summed E-state index contributed by atoms with van der Waals surface area (Å²) in [6, 6.07) is 11.5. The van der Waals surface area contributed by atoms with Crippen molar-refractivity contribution < 1.29 is 9.59 Å². The van der Waals surface area contributed by atoms with Crippen molar-refractivity contribution in [2.24, 2.45) is 11.3 Å². The van der Waals surface area contributed by atoms with Crippen LogP contribution in [0.1, 0.15) is 34.3 Å². The van der Waals surface area contributed by atoms with E-state index in [4.69, 9.17) is 0 Å². The van der Waals surface area contributed by atoms with Crippen molar-refractivity contribution in [3.63, 3.8) is 0 Å². The van der Waals surface area contributed by atoms with Crippen LogP contribution in [0.4, 0.5) is 0 Å². The van der Waals surface area contributed by atoms with Crippen LogP contribution in [0.3, 0.4) is 0 Å². The summed E-state index contributed by atoms with van der Waals surface area (Å²) in [5.74, 6) is 0.191. The first-order chi connectivity index (χ1) is 12.6. The fourth-order valence-electron chi connectivity index (χ4n) is 3.93. The number of benzene rings is 1. The van der Waals surface area contributed by atoms with E-state index in [0.29, 0.717) is 13.1 Å². The maximum atomic E-state index is 12.7. The van der Waals surface area contributed by atoms with E-state index in [1.165, 1.54) is 0 Å². The number of carbonyl (C=O) groups is 2. The van der Waals surface area contributed by atoms with Crippen molar-refractivity contribution in [1.82, 2.24) is 15.2 Å². The van der Waals surface area contributed by atoms with Crippen molar-refractivity contribution in [3.8, 4) is 0 Å². The summed E-state index contributed by atoms with van der Waals surface area (Å²) in [6.45, 7) is 3.94. The number of carbonyl (C=O) groups excluding carboxylic acids is 2. The first-order valence-electron chi connectivity index (χ1n) is 9.10. The Kier molecular flexibility index (Phi) is 4.23. The second kappa shape index (κ2) is 6.56. The maximum absolute atomic E-state index is 12.7. The molecule has 2 aliphatic rings. The van der Waals surface area contributed by atoms with Gasteiger partial charge in [-0.1, -0.05) is 23.8 Å². The van der Waals surface area contributed by atoms with Gasteiger partial charge in [-0.2, -0.15) is 0 Å². The third-order valence-electron chi connectivity index (χ3n) is 5.67. The van der Waals surface area contributed by atoms with Gasteiger partial charge in [0.25, 0.3) is 5.91 Å². The minimum absolute atomic E-state index is 0.0145. The van der Waals surface area contributed by atoms with Crippen LogP contribution in [0.15, 0.2) is 48.8 Å². The van der Waals surface area contributed by atoms with E-state index in [-0.39, 0.29) is 23.1 Å². The number of likely N-dealkylation sites (tertiary alicyclic amines) is 1. The van der Waals surface area contributed by atoms with Gasteiger partial charge in [-0.05, 0) is 43.5 Å². The molecule has 1 saturated carbocycles. The van der Waals surface area contributed by atoms with Gasteiger partial charge in [0.05, 0.1) is 0 Å². The van der Waals surface area contributed by atoms with Crippen LogP contribution in [0.2, 0.25) is 0 Å². The summed E-state index contributed by atoms with van der Waals surface area (Å²) in [7, 11) is 0. The second-order valence-corrected chi connectivity index (χ2v) is 7.54. The first-order valence-corrected chi connectivity index (χ1v) is 9.10. The quantitative estimate of drug-likeness (QED) is 0.923. The van der Waals surface area contributed by atoms with Crippen molar-refractivity contribution in [3.05, 3.63) is 65.5 Å². The first kappa shape index (κ1) is 16.8. The number of rotatable bonds is 4. The van der Waals surface area contributed by atoms with E-state index < -0.39 is 0 Å². The average Bonchev–Trinajstić information content (AvgIpc) is 3.20. The average molecular weight is 349 g/mol. The van der Waals surface area contributed by atoms with Gasteiger partial charge in [0, 0.05) is 48.9 Å². The Morgan fingerprint density at radius 2 is 2.08 bits per heavy atom. The normalized spacial score (nSPS) is 23.9. The number of nitrogens with one attached hydrogen (secondary N) is 1. The highest BCUT2D eigenvalue weighted by molar-refractivity contribution is 5.94. The Morgan fingerprint density at radius 3 is 2.81 bits per heavy atom. The molecule has 1 aliphatic heterocycles. The summed E-state index contributed by atoms with van der Waals surface area (Å²) >= 11 is 0. The van der Waals surface area contributed by atoms with Gasteiger partial charge in [0.2, 0.25) is 5.91 Å². The Bertz CT molecular complexity index is 819. The molecule has 5 nitrogen and oxygen atoms in total. The minimum atomic E-state index is -0.0145. The smallest absolute Gasteiger partial charge is 0.253 e. The van der Waals surface area contributed by atoms with Gasteiger partial charge in [-0.15, -0.1) is 0 Å². The molecule has 2 atom stereocenters. The Balaban J connectivity index is 1.33. The van der Waals surface area contributed by atoms with E-state index in [1.54, 1.807) is 12.4 Å². The highest BCUT2D eigenvalue weighted by Crippen LogP contribution is 2.58. The molecule has 1 aliphatic carbocycles. The highest BCUT2D eigenvalue weighted by atomic mass is 16.2. The zero-order valence-corrected chi connectivity index (χ0v) is 14.9. The molecule has 1 aromatic heterocycles.